The number of methoxy groups -OCH3 is 1. The third-order valence-electron chi connectivity index (χ3n) is 13.9. The van der Waals surface area contributed by atoms with E-state index in [1.807, 2.05) is 19.2 Å². The lowest BCUT2D eigenvalue weighted by atomic mass is 9.95. The summed E-state index contributed by atoms with van der Waals surface area (Å²) in [6, 6.07) is 8.64. The minimum Gasteiger partial charge on any atom is -0.495 e. The fourth-order valence-corrected chi connectivity index (χ4v) is 14.1. The highest BCUT2D eigenvalue weighted by atomic mass is 35.5. The molecule has 1 amide bonds. The topological polar surface area (TPSA) is 184 Å². The van der Waals surface area contributed by atoms with Gasteiger partial charge in [0.2, 0.25) is 13.3 Å². The normalized spacial score (nSPS) is 26.0. The molecular weight excluding hydrogens is 922 g/mol. The first kappa shape index (κ1) is 48.8. The van der Waals surface area contributed by atoms with Gasteiger partial charge in [0.25, 0.3) is 0 Å². The van der Waals surface area contributed by atoms with E-state index in [4.69, 9.17) is 40.5 Å². The maximum absolute atomic E-state index is 15.3. The van der Waals surface area contributed by atoms with Crippen molar-refractivity contribution in [1.29, 1.82) is 0 Å². The number of thiazole rings is 1. The van der Waals surface area contributed by atoms with Crippen molar-refractivity contribution >= 4 is 70.0 Å². The van der Waals surface area contributed by atoms with Gasteiger partial charge in [-0.15, -0.1) is 11.3 Å². The smallest absolute Gasteiger partial charge is 0.307 e. The SMILES string of the molecule is COc1ccc2c(O[C@@H]3C[C@H]4C(=O)C[C@]5(P(=O)(O)Cc6c(C)cccc6F)C[C@H]5CCCCC(=O)O[C@@H](C)[C@H](CC(=O)OC5CCCC5)C(=O)N4C3)cc(-c3csc(NC(C)C)n3)nc2c1Cl. The standard InChI is InChI=1S/C49H59ClFN4O10PS/c1-27(2)52-48-54-38(26-67-48)37-21-42(33-17-18-41(62-5)45(50)46(33)53-37)64-32-19-39-40(56)23-49(66(60,61)25-35-28(3)11-10-15-36(35)51)22-30(49)12-6-9-16-43(57)63-29(4)34(47(59)55(39)24-32)20-44(58)65-31-13-7-8-14-31/h10-11,15,17-18,21,26-27,29-32,34,39H,6-9,12-14,16,19-20,22-25H2,1-5H3,(H,52,54)(H,60,61)/t29-,30+,32+,34-,39-,49+/m0/s1. The van der Waals surface area contributed by atoms with Crippen molar-refractivity contribution < 1.29 is 52.0 Å². The number of ketones is 1. The largest absolute Gasteiger partial charge is 0.495 e. The van der Waals surface area contributed by atoms with Crippen LogP contribution >= 0.6 is 30.3 Å². The van der Waals surface area contributed by atoms with Crippen LogP contribution in [-0.4, -0.2) is 92.6 Å². The van der Waals surface area contributed by atoms with E-state index in [0.717, 1.165) is 12.8 Å². The number of pyridine rings is 1. The molecule has 4 fully saturated rings. The third-order valence-corrected chi connectivity index (χ3v) is 17.9. The minimum atomic E-state index is -4.31. The Hall–Kier alpha value is -4.63. The number of aryl methyl sites for hydroxylation is 1. The van der Waals surface area contributed by atoms with E-state index in [1.54, 1.807) is 44.2 Å². The predicted octanol–water partition coefficient (Wildman–Crippen LogP) is 9.82. The lowest BCUT2D eigenvalue weighted by molar-refractivity contribution is -0.163. The first-order chi connectivity index (χ1) is 32.0. The van der Waals surface area contributed by atoms with Crippen molar-refractivity contribution in [2.24, 2.45) is 11.8 Å². The number of aromatic nitrogens is 2. The number of benzene rings is 2. The second-order valence-electron chi connectivity index (χ2n) is 19.0. The number of nitrogens with one attached hydrogen (secondary N) is 1. The molecule has 360 valence electrons. The molecule has 2 aromatic heterocycles. The van der Waals surface area contributed by atoms with E-state index in [-0.39, 0.29) is 60.9 Å². The van der Waals surface area contributed by atoms with Crippen molar-refractivity contribution in [1.82, 2.24) is 14.9 Å². The fourth-order valence-electron chi connectivity index (χ4n) is 10.2. The number of amides is 1. The highest BCUT2D eigenvalue weighted by Gasteiger charge is 2.66. The van der Waals surface area contributed by atoms with Gasteiger partial charge >= 0.3 is 11.9 Å². The first-order valence-electron chi connectivity index (χ1n) is 23.3. The van der Waals surface area contributed by atoms with Gasteiger partial charge in [0.15, 0.2) is 10.9 Å². The van der Waals surface area contributed by atoms with Crippen LogP contribution in [0.4, 0.5) is 9.52 Å². The summed E-state index contributed by atoms with van der Waals surface area (Å²) in [5.74, 6) is -3.66. The number of ether oxygens (including phenoxy) is 4. The number of esters is 2. The van der Waals surface area contributed by atoms with Crippen LogP contribution in [0, 0.1) is 24.6 Å². The van der Waals surface area contributed by atoms with Gasteiger partial charge in [-0.1, -0.05) is 30.2 Å². The summed E-state index contributed by atoms with van der Waals surface area (Å²) in [6.07, 6.45) is 1.57. The van der Waals surface area contributed by atoms with E-state index >= 15 is 14.0 Å². The highest BCUT2D eigenvalue weighted by Crippen LogP contribution is 2.75. The van der Waals surface area contributed by atoms with Crippen molar-refractivity contribution in [2.45, 2.75) is 146 Å². The van der Waals surface area contributed by atoms with Crippen LogP contribution in [0.5, 0.6) is 11.5 Å². The van der Waals surface area contributed by atoms with Crippen molar-refractivity contribution in [3.63, 3.8) is 0 Å². The van der Waals surface area contributed by atoms with Gasteiger partial charge in [-0.25, -0.2) is 14.4 Å². The molecule has 18 heteroatoms. The molecule has 2 saturated carbocycles. The molecule has 2 aliphatic carbocycles. The number of carbonyl (C=O) groups excluding carboxylic acids is 4. The molecule has 0 bridgehead atoms. The van der Waals surface area contributed by atoms with E-state index in [0.29, 0.717) is 76.6 Å². The monoisotopic (exact) mass is 980 g/mol. The highest BCUT2D eigenvalue weighted by molar-refractivity contribution is 7.59. The number of fused-ring (bicyclic) bond motifs is 3. The summed E-state index contributed by atoms with van der Waals surface area (Å²) >= 11 is 8.30. The van der Waals surface area contributed by atoms with Crippen LogP contribution in [0.1, 0.15) is 109 Å². The zero-order chi connectivity index (χ0) is 47.8. The number of cyclic esters (lactones) is 1. The Morgan fingerprint density at radius 3 is 2.57 bits per heavy atom. The average Bonchev–Trinajstić information content (AvgIpc) is 3.69. The van der Waals surface area contributed by atoms with Gasteiger partial charge in [-0.3, -0.25) is 23.7 Å². The van der Waals surface area contributed by atoms with Crippen LogP contribution in [0.15, 0.2) is 41.8 Å². The molecule has 67 heavy (non-hydrogen) atoms. The Balaban J connectivity index is 1.17. The number of rotatable bonds is 12. The quantitative estimate of drug-likeness (QED) is 0.101. The number of hydrogen-bond donors (Lipinski definition) is 2. The molecule has 14 nitrogen and oxygen atoms in total. The van der Waals surface area contributed by atoms with Gasteiger partial charge in [0.1, 0.15) is 46.3 Å². The molecule has 7 atom stereocenters. The predicted molar refractivity (Wildman–Crippen MR) is 253 cm³/mol. The van der Waals surface area contributed by atoms with E-state index in [9.17, 15) is 19.0 Å². The lowest BCUT2D eigenvalue weighted by Crippen LogP contribution is -2.48. The summed E-state index contributed by atoms with van der Waals surface area (Å²) in [4.78, 5) is 80.3. The van der Waals surface area contributed by atoms with E-state index < -0.39 is 78.7 Å². The summed E-state index contributed by atoms with van der Waals surface area (Å²) in [6.45, 7) is 7.15. The zero-order valence-corrected chi connectivity index (χ0v) is 41.0. The van der Waals surface area contributed by atoms with Crippen LogP contribution in [-0.2, 0) is 39.4 Å². The molecule has 4 heterocycles. The lowest BCUT2D eigenvalue weighted by Gasteiger charge is -2.32. The molecule has 2 N–H and O–H groups in total. The number of carbonyl (C=O) groups is 4. The Labute approximate surface area is 399 Å². The van der Waals surface area contributed by atoms with Crippen LogP contribution in [0.25, 0.3) is 22.3 Å². The van der Waals surface area contributed by atoms with E-state index in [1.165, 1.54) is 29.4 Å². The van der Waals surface area contributed by atoms with Crippen molar-refractivity contribution in [3.8, 4) is 22.9 Å². The van der Waals surface area contributed by atoms with Crippen molar-refractivity contribution in [2.75, 3.05) is 19.0 Å². The Morgan fingerprint density at radius 1 is 1.07 bits per heavy atom. The van der Waals surface area contributed by atoms with Crippen LogP contribution < -0.4 is 14.8 Å². The Bertz CT molecular complexity index is 2570. The minimum absolute atomic E-state index is 0.0108. The molecular formula is C49H59ClFN4O10PS. The molecule has 2 saturated heterocycles. The molecule has 2 aliphatic heterocycles. The number of halogens is 2. The Kier molecular flexibility index (Phi) is 14.7. The third kappa shape index (κ3) is 10.5. The van der Waals surface area contributed by atoms with Gasteiger partial charge in [0, 0.05) is 47.7 Å². The van der Waals surface area contributed by atoms with Crippen LogP contribution in [0.2, 0.25) is 5.02 Å². The maximum atomic E-state index is 15.3. The summed E-state index contributed by atoms with van der Waals surface area (Å²) in [7, 11) is -2.81. The summed E-state index contributed by atoms with van der Waals surface area (Å²) < 4.78 is 54.1. The van der Waals surface area contributed by atoms with Crippen molar-refractivity contribution in [3.05, 3.63) is 63.7 Å². The molecule has 4 aromatic rings. The van der Waals surface area contributed by atoms with Gasteiger partial charge < -0.3 is 34.1 Å². The Morgan fingerprint density at radius 2 is 1.84 bits per heavy atom. The number of nitrogens with zero attached hydrogens (tertiary/aromatic N) is 3. The first-order valence-corrected chi connectivity index (χ1v) is 26.4. The number of hydrogen-bond acceptors (Lipinski definition) is 13. The zero-order valence-electron chi connectivity index (χ0n) is 38.6. The second-order valence-corrected chi connectivity index (χ2v) is 22.8. The maximum Gasteiger partial charge on any atom is 0.307 e. The number of Topliss-reactive ketones (excluding diaryl/α,β-unsaturated/α-hetero) is 1. The fraction of sp³-hybridized carbons (Fsp3) is 0.551. The second kappa shape index (κ2) is 20.1. The van der Waals surface area contributed by atoms with Gasteiger partial charge in [0.05, 0.1) is 54.6 Å². The number of anilines is 1. The molecule has 8 rings (SSSR count). The summed E-state index contributed by atoms with van der Waals surface area (Å²) in [5.41, 5.74) is 2.04. The van der Waals surface area contributed by atoms with E-state index in [2.05, 4.69) is 5.32 Å². The van der Waals surface area contributed by atoms with Crippen LogP contribution in [0.3, 0.4) is 0 Å². The molecule has 0 radical (unpaired) electrons. The molecule has 0 spiro atoms. The molecule has 4 aliphatic rings. The average molecular weight is 982 g/mol. The molecule has 2 aromatic carbocycles. The van der Waals surface area contributed by atoms with Gasteiger partial charge in [-0.05, 0) is 102 Å². The summed E-state index contributed by atoms with van der Waals surface area (Å²) in [5, 5.41) is 5.25. The van der Waals surface area contributed by atoms with Gasteiger partial charge in [-0.2, -0.15) is 0 Å². The molecule has 1 unspecified atom stereocenters.